The minimum atomic E-state index is 0.272. The van der Waals surface area contributed by atoms with Crippen molar-refractivity contribution in [2.75, 3.05) is 0 Å². The third-order valence-electron chi connectivity index (χ3n) is 4.50. The number of allylic oxidation sites excluding steroid dienone is 1. The van der Waals surface area contributed by atoms with Crippen LogP contribution in [0.1, 0.15) is 28.7 Å². The van der Waals surface area contributed by atoms with Gasteiger partial charge in [-0.15, -0.1) is 0 Å². The summed E-state index contributed by atoms with van der Waals surface area (Å²) in [6.07, 6.45) is 1.77. The Balaban J connectivity index is 1.98. The Hall–Kier alpha value is -3.00. The summed E-state index contributed by atoms with van der Waals surface area (Å²) in [5.74, 6) is 0.575. The highest BCUT2D eigenvalue weighted by Crippen LogP contribution is 2.41. The first kappa shape index (κ1) is 14.6. The Morgan fingerprint density at radius 2 is 1.58 bits per heavy atom. The molecule has 0 heterocycles. The largest absolute Gasteiger partial charge is 0.508 e. The Morgan fingerprint density at radius 3 is 2.33 bits per heavy atom. The monoisotopic (exact) mass is 313 g/mol. The number of fused-ring (bicyclic) bond motifs is 1. The Kier molecular flexibility index (Phi) is 3.58. The van der Waals surface area contributed by atoms with Crippen LogP contribution in [0.5, 0.6) is 11.5 Å². The molecule has 0 saturated heterocycles. The third kappa shape index (κ3) is 2.56. The van der Waals surface area contributed by atoms with Gasteiger partial charge >= 0.3 is 0 Å². The van der Waals surface area contributed by atoms with Crippen molar-refractivity contribution >= 4 is 11.1 Å². The number of phenolic OH excluding ortho intramolecular Hbond substituents is 2. The van der Waals surface area contributed by atoms with Crippen LogP contribution >= 0.6 is 0 Å². The number of aryl methyl sites for hydroxylation is 1. The fraction of sp³-hybridized carbons (Fsp3) is 0.0909. The van der Waals surface area contributed by atoms with Crippen LogP contribution in [0.2, 0.25) is 0 Å². The van der Waals surface area contributed by atoms with Gasteiger partial charge in [0.15, 0.2) is 0 Å². The van der Waals surface area contributed by atoms with Crippen LogP contribution in [0.4, 0.5) is 0 Å². The van der Waals surface area contributed by atoms with Gasteiger partial charge in [0.2, 0.25) is 0 Å². The normalized spacial score (nSPS) is 13.7. The Labute approximate surface area is 141 Å². The van der Waals surface area contributed by atoms with Crippen LogP contribution in [-0.2, 0) is 6.42 Å². The maximum atomic E-state index is 9.81. The van der Waals surface area contributed by atoms with Crippen molar-refractivity contribution in [1.82, 2.24) is 0 Å². The SMILES string of the molecule is Oc1ccc(C2=C(c3[c]cccc3)c3ccc(O)cc3CC2)cc1. The van der Waals surface area contributed by atoms with Crippen molar-refractivity contribution in [3.8, 4) is 11.5 Å². The first-order chi connectivity index (χ1) is 11.7. The van der Waals surface area contributed by atoms with Gasteiger partial charge in [0, 0.05) is 0 Å². The molecule has 2 nitrogen and oxygen atoms in total. The second-order valence-corrected chi connectivity index (χ2v) is 6.02. The number of rotatable bonds is 2. The molecule has 0 spiro atoms. The van der Waals surface area contributed by atoms with E-state index in [9.17, 15) is 10.2 Å². The van der Waals surface area contributed by atoms with Crippen molar-refractivity contribution in [3.63, 3.8) is 0 Å². The Bertz CT molecular complexity index is 906. The van der Waals surface area contributed by atoms with Gasteiger partial charge in [-0.05, 0) is 76.6 Å². The average Bonchev–Trinajstić information content (AvgIpc) is 2.62. The van der Waals surface area contributed by atoms with Gasteiger partial charge in [-0.25, -0.2) is 0 Å². The van der Waals surface area contributed by atoms with Crippen LogP contribution in [0.15, 0.2) is 66.7 Å². The number of aromatic hydroxyl groups is 2. The summed E-state index contributed by atoms with van der Waals surface area (Å²) in [6, 6.07) is 24.2. The lowest BCUT2D eigenvalue weighted by molar-refractivity contribution is 0.474. The molecule has 0 saturated carbocycles. The third-order valence-corrected chi connectivity index (χ3v) is 4.50. The lowest BCUT2D eigenvalue weighted by Gasteiger charge is -2.24. The average molecular weight is 313 g/mol. The molecule has 1 radical (unpaired) electrons. The summed E-state index contributed by atoms with van der Waals surface area (Å²) in [7, 11) is 0. The van der Waals surface area contributed by atoms with Crippen LogP contribution < -0.4 is 0 Å². The lowest BCUT2D eigenvalue weighted by atomic mass is 9.79. The van der Waals surface area contributed by atoms with Crippen LogP contribution in [-0.4, -0.2) is 10.2 Å². The second-order valence-electron chi connectivity index (χ2n) is 6.02. The van der Waals surface area contributed by atoms with E-state index in [1.54, 1.807) is 18.2 Å². The highest BCUT2D eigenvalue weighted by atomic mass is 16.3. The maximum absolute atomic E-state index is 9.81. The first-order valence-corrected chi connectivity index (χ1v) is 8.04. The molecule has 24 heavy (non-hydrogen) atoms. The molecule has 2 N–H and O–H groups in total. The molecule has 3 aromatic carbocycles. The maximum Gasteiger partial charge on any atom is 0.115 e. The summed E-state index contributed by atoms with van der Waals surface area (Å²) in [5.41, 5.74) is 6.86. The lowest BCUT2D eigenvalue weighted by Crippen LogP contribution is -2.06. The Morgan fingerprint density at radius 1 is 0.792 bits per heavy atom. The molecule has 0 atom stereocenters. The van der Waals surface area contributed by atoms with Crippen LogP contribution in [0.3, 0.4) is 0 Å². The highest BCUT2D eigenvalue weighted by Gasteiger charge is 2.21. The van der Waals surface area contributed by atoms with E-state index in [1.165, 1.54) is 5.57 Å². The second kappa shape index (κ2) is 5.89. The molecule has 2 heteroatoms. The number of hydrogen-bond donors (Lipinski definition) is 2. The number of phenols is 2. The molecule has 1 aliphatic carbocycles. The van der Waals surface area contributed by atoms with Gasteiger partial charge in [0.25, 0.3) is 0 Å². The molecule has 4 rings (SSSR count). The summed E-state index contributed by atoms with van der Waals surface area (Å²) in [5, 5.41) is 19.4. The summed E-state index contributed by atoms with van der Waals surface area (Å²) in [6.45, 7) is 0. The molecule has 0 fully saturated rings. The molecular weight excluding hydrogens is 296 g/mol. The molecule has 0 unspecified atom stereocenters. The van der Waals surface area contributed by atoms with E-state index in [1.807, 2.05) is 42.5 Å². The molecule has 0 aromatic heterocycles. The molecule has 3 aromatic rings. The molecular formula is C22H17O2. The van der Waals surface area contributed by atoms with E-state index in [0.717, 1.165) is 40.7 Å². The van der Waals surface area contributed by atoms with Crippen LogP contribution in [0, 0.1) is 6.07 Å². The zero-order valence-corrected chi connectivity index (χ0v) is 13.2. The van der Waals surface area contributed by atoms with E-state index >= 15 is 0 Å². The fourth-order valence-corrected chi connectivity index (χ4v) is 3.39. The van der Waals surface area contributed by atoms with E-state index in [2.05, 4.69) is 12.1 Å². The van der Waals surface area contributed by atoms with Crippen molar-refractivity contribution in [1.29, 1.82) is 0 Å². The van der Waals surface area contributed by atoms with Crippen molar-refractivity contribution < 1.29 is 10.2 Å². The van der Waals surface area contributed by atoms with E-state index < -0.39 is 0 Å². The molecule has 0 amide bonds. The van der Waals surface area contributed by atoms with E-state index in [-0.39, 0.29) is 5.75 Å². The van der Waals surface area contributed by atoms with Crippen molar-refractivity contribution in [2.45, 2.75) is 12.8 Å². The van der Waals surface area contributed by atoms with Crippen molar-refractivity contribution in [2.24, 2.45) is 0 Å². The number of benzene rings is 3. The zero-order chi connectivity index (χ0) is 16.5. The smallest absolute Gasteiger partial charge is 0.115 e. The van der Waals surface area contributed by atoms with Gasteiger partial charge in [-0.3, -0.25) is 0 Å². The fourth-order valence-electron chi connectivity index (χ4n) is 3.39. The predicted molar refractivity (Wildman–Crippen MR) is 95.7 cm³/mol. The summed E-state index contributed by atoms with van der Waals surface area (Å²) >= 11 is 0. The van der Waals surface area contributed by atoms with Crippen LogP contribution in [0.25, 0.3) is 11.1 Å². The predicted octanol–water partition coefficient (Wildman–Crippen LogP) is 4.80. The summed E-state index contributed by atoms with van der Waals surface area (Å²) < 4.78 is 0. The molecule has 0 bridgehead atoms. The quantitative estimate of drug-likeness (QED) is 0.713. The standard InChI is InChI=1S/C22H17O2/c23-18-9-6-15(7-10-18)20-12-8-17-14-19(24)11-13-21(17)22(20)16-4-2-1-3-5-16/h1-4,6-7,9-11,13-14,23-24H,8,12H2. The van der Waals surface area contributed by atoms with Gasteiger partial charge in [-0.2, -0.15) is 0 Å². The molecule has 0 aliphatic heterocycles. The topological polar surface area (TPSA) is 40.5 Å². The van der Waals surface area contributed by atoms with Crippen molar-refractivity contribution in [3.05, 3.63) is 95.1 Å². The summed E-state index contributed by atoms with van der Waals surface area (Å²) in [4.78, 5) is 0. The van der Waals surface area contributed by atoms with Gasteiger partial charge in [0.1, 0.15) is 11.5 Å². The first-order valence-electron chi connectivity index (χ1n) is 8.04. The van der Waals surface area contributed by atoms with E-state index in [4.69, 9.17) is 0 Å². The minimum Gasteiger partial charge on any atom is -0.508 e. The molecule has 117 valence electrons. The zero-order valence-electron chi connectivity index (χ0n) is 13.2. The van der Waals surface area contributed by atoms with Gasteiger partial charge < -0.3 is 10.2 Å². The molecule has 1 aliphatic rings. The van der Waals surface area contributed by atoms with Gasteiger partial charge in [-0.1, -0.05) is 42.5 Å². The minimum absolute atomic E-state index is 0.272. The van der Waals surface area contributed by atoms with Gasteiger partial charge in [0.05, 0.1) is 0 Å². The highest BCUT2D eigenvalue weighted by molar-refractivity contribution is 6.00. The van der Waals surface area contributed by atoms with E-state index in [0.29, 0.717) is 5.75 Å². The number of hydrogen-bond acceptors (Lipinski definition) is 2.